The molecule has 7 nitrogen and oxygen atoms in total. The Morgan fingerprint density at radius 1 is 1.56 bits per heavy atom. The third-order valence-electron chi connectivity index (χ3n) is 2.30. The zero-order valence-corrected chi connectivity index (χ0v) is 11.5. The third kappa shape index (κ3) is 4.11. The summed E-state index contributed by atoms with van der Waals surface area (Å²) < 4.78 is 25.3. The minimum absolute atomic E-state index is 0.00764. The van der Waals surface area contributed by atoms with Crippen molar-refractivity contribution in [2.45, 2.75) is 33.2 Å². The zero-order chi connectivity index (χ0) is 13.8. The summed E-state index contributed by atoms with van der Waals surface area (Å²) in [6, 6.07) is -0.829. The number of aryl methyl sites for hydroxylation is 1. The van der Waals surface area contributed by atoms with Gasteiger partial charge in [-0.2, -0.15) is 5.10 Å². The quantitative estimate of drug-likeness (QED) is 0.697. The number of aromatic nitrogens is 2. The second-order valence-corrected chi connectivity index (χ2v) is 5.95. The number of sulfonamides is 1. The Hall–Kier alpha value is -1.41. The first-order valence-corrected chi connectivity index (χ1v) is 7.31. The van der Waals surface area contributed by atoms with E-state index in [4.69, 9.17) is 0 Å². The molecule has 1 unspecified atom stereocenters. The smallest absolute Gasteiger partial charge is 0.243 e. The lowest BCUT2D eigenvalue weighted by molar-refractivity contribution is -0.117. The van der Waals surface area contributed by atoms with Crippen molar-refractivity contribution in [1.29, 1.82) is 0 Å². The SMILES string of the molecule is CCCS(=O)(=O)NC(C)C(=O)Nc1[nH]ncc1C. The highest BCUT2D eigenvalue weighted by molar-refractivity contribution is 7.89. The van der Waals surface area contributed by atoms with E-state index < -0.39 is 22.0 Å². The number of amides is 1. The van der Waals surface area contributed by atoms with Crippen LogP contribution in [0.25, 0.3) is 0 Å². The fraction of sp³-hybridized carbons (Fsp3) is 0.600. The van der Waals surface area contributed by atoms with Crippen LogP contribution in [-0.2, 0) is 14.8 Å². The first-order chi connectivity index (χ1) is 8.35. The molecule has 0 bridgehead atoms. The molecule has 0 saturated carbocycles. The molecule has 0 spiro atoms. The van der Waals surface area contributed by atoms with Crippen LogP contribution in [0.4, 0.5) is 5.82 Å². The second-order valence-electron chi connectivity index (χ2n) is 4.08. The molecule has 8 heteroatoms. The van der Waals surface area contributed by atoms with Crippen molar-refractivity contribution in [3.8, 4) is 0 Å². The van der Waals surface area contributed by atoms with Crippen molar-refractivity contribution in [3.05, 3.63) is 11.8 Å². The highest BCUT2D eigenvalue weighted by Crippen LogP contribution is 2.08. The molecule has 1 atom stereocenters. The van der Waals surface area contributed by atoms with Gasteiger partial charge in [0.2, 0.25) is 15.9 Å². The van der Waals surface area contributed by atoms with E-state index in [2.05, 4.69) is 20.2 Å². The number of H-pyrrole nitrogens is 1. The lowest BCUT2D eigenvalue weighted by atomic mass is 10.3. The number of hydrogen-bond donors (Lipinski definition) is 3. The number of nitrogens with zero attached hydrogens (tertiary/aromatic N) is 1. The summed E-state index contributed by atoms with van der Waals surface area (Å²) in [6.07, 6.45) is 2.07. The van der Waals surface area contributed by atoms with Crippen LogP contribution < -0.4 is 10.0 Å². The second kappa shape index (κ2) is 5.96. The Morgan fingerprint density at radius 3 is 2.72 bits per heavy atom. The van der Waals surface area contributed by atoms with E-state index in [1.807, 2.05) is 0 Å². The molecule has 0 aliphatic heterocycles. The molecule has 0 fully saturated rings. The Balaban J connectivity index is 2.60. The molecular formula is C10H18N4O3S. The van der Waals surface area contributed by atoms with Gasteiger partial charge in [-0.25, -0.2) is 13.1 Å². The van der Waals surface area contributed by atoms with Gasteiger partial charge in [-0.3, -0.25) is 9.89 Å². The number of aromatic amines is 1. The van der Waals surface area contributed by atoms with E-state index in [0.717, 1.165) is 5.56 Å². The average Bonchev–Trinajstić information content (AvgIpc) is 2.63. The monoisotopic (exact) mass is 274 g/mol. The van der Waals surface area contributed by atoms with Crippen molar-refractivity contribution < 1.29 is 13.2 Å². The largest absolute Gasteiger partial charge is 0.309 e. The fourth-order valence-electron chi connectivity index (χ4n) is 1.35. The van der Waals surface area contributed by atoms with Gasteiger partial charge >= 0.3 is 0 Å². The molecule has 0 aromatic carbocycles. The Morgan fingerprint density at radius 2 is 2.22 bits per heavy atom. The van der Waals surface area contributed by atoms with Crippen molar-refractivity contribution in [1.82, 2.24) is 14.9 Å². The number of hydrogen-bond acceptors (Lipinski definition) is 4. The Kier molecular flexibility index (Phi) is 4.85. The topological polar surface area (TPSA) is 104 Å². The van der Waals surface area contributed by atoms with E-state index in [-0.39, 0.29) is 5.75 Å². The number of carbonyl (C=O) groups is 1. The number of anilines is 1. The van der Waals surface area contributed by atoms with E-state index in [9.17, 15) is 13.2 Å². The lowest BCUT2D eigenvalue weighted by Crippen LogP contribution is -2.42. The van der Waals surface area contributed by atoms with Crippen LogP contribution >= 0.6 is 0 Å². The van der Waals surface area contributed by atoms with Gasteiger partial charge in [0.05, 0.1) is 18.0 Å². The fourth-order valence-corrected chi connectivity index (χ4v) is 2.66. The Labute approximate surface area is 106 Å². The van der Waals surface area contributed by atoms with Crippen LogP contribution in [0.2, 0.25) is 0 Å². The van der Waals surface area contributed by atoms with E-state index in [1.165, 1.54) is 6.92 Å². The third-order valence-corrected chi connectivity index (χ3v) is 3.96. The number of nitrogens with one attached hydrogen (secondary N) is 3. The van der Waals surface area contributed by atoms with Gasteiger partial charge in [0, 0.05) is 5.56 Å². The lowest BCUT2D eigenvalue weighted by Gasteiger charge is -2.13. The number of carbonyl (C=O) groups excluding carboxylic acids is 1. The van der Waals surface area contributed by atoms with Crippen LogP contribution in [0.3, 0.4) is 0 Å². The predicted octanol–water partition coefficient (Wildman–Crippen LogP) is 0.375. The first kappa shape index (κ1) is 14.7. The van der Waals surface area contributed by atoms with Gasteiger partial charge in [0.15, 0.2) is 0 Å². The molecule has 1 heterocycles. The first-order valence-electron chi connectivity index (χ1n) is 5.66. The maximum Gasteiger partial charge on any atom is 0.243 e. The summed E-state index contributed by atoms with van der Waals surface area (Å²) in [5.41, 5.74) is 0.784. The van der Waals surface area contributed by atoms with Gasteiger partial charge in [0.25, 0.3) is 0 Å². The van der Waals surface area contributed by atoms with Gasteiger partial charge < -0.3 is 5.32 Å². The molecule has 102 valence electrons. The summed E-state index contributed by atoms with van der Waals surface area (Å²) in [4.78, 5) is 11.8. The molecule has 0 radical (unpaired) electrons. The standard InChI is InChI=1S/C10H18N4O3S/c1-4-5-18(16,17)14-8(3)10(15)12-9-7(2)6-11-13-9/h6,8,14H,4-5H2,1-3H3,(H2,11,12,13,15). The van der Waals surface area contributed by atoms with Gasteiger partial charge in [0.1, 0.15) is 5.82 Å². The molecule has 0 aliphatic rings. The molecule has 1 amide bonds. The highest BCUT2D eigenvalue weighted by atomic mass is 32.2. The maximum absolute atomic E-state index is 11.8. The van der Waals surface area contributed by atoms with Gasteiger partial charge in [-0.15, -0.1) is 0 Å². The Bertz CT molecular complexity index is 509. The zero-order valence-electron chi connectivity index (χ0n) is 10.6. The van der Waals surface area contributed by atoms with Gasteiger partial charge in [-0.1, -0.05) is 6.92 Å². The van der Waals surface area contributed by atoms with Crippen molar-refractivity contribution >= 4 is 21.7 Å². The molecule has 1 rings (SSSR count). The van der Waals surface area contributed by atoms with E-state index in [0.29, 0.717) is 12.2 Å². The number of rotatable bonds is 6. The summed E-state index contributed by atoms with van der Waals surface area (Å²) in [7, 11) is -3.40. The normalized spacial score (nSPS) is 13.3. The summed E-state index contributed by atoms with van der Waals surface area (Å²) in [5.74, 6) is 0.0526. The van der Waals surface area contributed by atoms with Crippen LogP contribution in [-0.4, -0.2) is 36.3 Å². The van der Waals surface area contributed by atoms with Crippen LogP contribution in [0.5, 0.6) is 0 Å². The van der Waals surface area contributed by atoms with Crippen molar-refractivity contribution in [2.24, 2.45) is 0 Å². The van der Waals surface area contributed by atoms with Crippen molar-refractivity contribution in [2.75, 3.05) is 11.1 Å². The van der Waals surface area contributed by atoms with E-state index in [1.54, 1.807) is 20.0 Å². The van der Waals surface area contributed by atoms with Gasteiger partial charge in [-0.05, 0) is 20.3 Å². The summed E-state index contributed by atoms with van der Waals surface area (Å²) in [6.45, 7) is 5.04. The minimum atomic E-state index is -3.40. The molecule has 18 heavy (non-hydrogen) atoms. The highest BCUT2D eigenvalue weighted by Gasteiger charge is 2.20. The van der Waals surface area contributed by atoms with Crippen molar-refractivity contribution in [3.63, 3.8) is 0 Å². The molecule has 0 saturated heterocycles. The van der Waals surface area contributed by atoms with Crippen LogP contribution in [0.1, 0.15) is 25.8 Å². The van der Waals surface area contributed by atoms with E-state index >= 15 is 0 Å². The maximum atomic E-state index is 11.8. The molecule has 0 aliphatic carbocycles. The summed E-state index contributed by atoms with van der Waals surface area (Å²) in [5, 5.41) is 8.95. The average molecular weight is 274 g/mol. The van der Waals surface area contributed by atoms with Crippen LogP contribution in [0.15, 0.2) is 6.20 Å². The van der Waals surface area contributed by atoms with Crippen LogP contribution in [0, 0.1) is 6.92 Å². The predicted molar refractivity (Wildman–Crippen MR) is 68.6 cm³/mol. The summed E-state index contributed by atoms with van der Waals surface area (Å²) >= 11 is 0. The molecule has 3 N–H and O–H groups in total. The molecule has 1 aromatic rings. The minimum Gasteiger partial charge on any atom is -0.309 e. The molecular weight excluding hydrogens is 256 g/mol. The molecule has 1 aromatic heterocycles.